The second-order valence-corrected chi connectivity index (χ2v) is 4.24. The topological polar surface area (TPSA) is 51.6 Å². The minimum atomic E-state index is -0.746. The molecule has 0 aliphatic rings. The summed E-state index contributed by atoms with van der Waals surface area (Å²) in [5.41, 5.74) is 2.49. The molecule has 0 fully saturated rings. The molecule has 2 rings (SSSR count). The molecule has 1 aromatic carbocycles. The Kier molecular flexibility index (Phi) is 4.02. The lowest BCUT2D eigenvalue weighted by atomic mass is 9.97. The molecule has 0 amide bonds. The van der Waals surface area contributed by atoms with Gasteiger partial charge in [0.15, 0.2) is 0 Å². The van der Waals surface area contributed by atoms with Crippen LogP contribution in [0.3, 0.4) is 0 Å². The Morgan fingerprint density at radius 2 is 1.89 bits per heavy atom. The molecule has 1 unspecified atom stereocenters. The molecular weight excluding hydrogens is 242 g/mol. The monoisotopic (exact) mass is 259 g/mol. The highest BCUT2D eigenvalue weighted by Crippen LogP contribution is 2.31. The number of rotatable bonds is 4. The number of pyridine rings is 1. The van der Waals surface area contributed by atoms with Gasteiger partial charge in [-0.05, 0) is 36.2 Å². The summed E-state index contributed by atoms with van der Waals surface area (Å²) < 4.78 is 10.4. The fourth-order valence-electron chi connectivity index (χ4n) is 2.04. The Labute approximate surface area is 112 Å². The first-order valence-electron chi connectivity index (χ1n) is 5.98. The predicted molar refractivity (Wildman–Crippen MR) is 72.6 cm³/mol. The zero-order valence-electron chi connectivity index (χ0n) is 11.3. The fourth-order valence-corrected chi connectivity index (χ4v) is 2.04. The lowest BCUT2D eigenvalue weighted by Crippen LogP contribution is -2.04. The van der Waals surface area contributed by atoms with Crippen LogP contribution in [0.5, 0.6) is 11.5 Å². The highest BCUT2D eigenvalue weighted by molar-refractivity contribution is 5.43. The molecule has 0 aliphatic carbocycles. The van der Waals surface area contributed by atoms with Crippen molar-refractivity contribution in [2.24, 2.45) is 0 Å². The Morgan fingerprint density at radius 1 is 1.11 bits per heavy atom. The third kappa shape index (κ3) is 2.69. The van der Waals surface area contributed by atoms with Gasteiger partial charge >= 0.3 is 0 Å². The number of aliphatic hydroxyl groups excluding tert-OH is 1. The van der Waals surface area contributed by atoms with E-state index in [1.54, 1.807) is 32.7 Å². The number of benzene rings is 1. The molecule has 1 aromatic heterocycles. The standard InChI is InChI=1S/C15H17NO3/c1-10-8-11(18-2)4-5-12(10)15(17)13-6-7-16-9-14(13)19-3/h4-9,15,17H,1-3H3. The van der Waals surface area contributed by atoms with Crippen molar-refractivity contribution in [3.8, 4) is 11.5 Å². The number of ether oxygens (including phenoxy) is 2. The number of nitrogens with zero attached hydrogens (tertiary/aromatic N) is 1. The fraction of sp³-hybridized carbons (Fsp3) is 0.267. The van der Waals surface area contributed by atoms with Crippen LogP contribution in [0, 0.1) is 6.92 Å². The second-order valence-electron chi connectivity index (χ2n) is 4.24. The first kappa shape index (κ1) is 13.4. The summed E-state index contributed by atoms with van der Waals surface area (Å²) in [7, 11) is 3.19. The average Bonchev–Trinajstić information content (AvgIpc) is 2.46. The molecular formula is C15H17NO3. The summed E-state index contributed by atoms with van der Waals surface area (Å²) in [4.78, 5) is 3.99. The molecule has 1 heterocycles. The van der Waals surface area contributed by atoms with Crippen LogP contribution in [-0.2, 0) is 0 Å². The largest absolute Gasteiger partial charge is 0.497 e. The minimum Gasteiger partial charge on any atom is -0.497 e. The Hall–Kier alpha value is -2.07. The van der Waals surface area contributed by atoms with Gasteiger partial charge in [-0.1, -0.05) is 6.07 Å². The van der Waals surface area contributed by atoms with Crippen molar-refractivity contribution in [2.45, 2.75) is 13.0 Å². The average molecular weight is 259 g/mol. The molecule has 0 aliphatic heterocycles. The van der Waals surface area contributed by atoms with Crippen molar-refractivity contribution >= 4 is 0 Å². The van der Waals surface area contributed by atoms with Crippen molar-refractivity contribution in [2.75, 3.05) is 14.2 Å². The third-order valence-electron chi connectivity index (χ3n) is 3.10. The van der Waals surface area contributed by atoms with Gasteiger partial charge in [0.25, 0.3) is 0 Å². The molecule has 4 nitrogen and oxygen atoms in total. The van der Waals surface area contributed by atoms with Crippen LogP contribution in [0.4, 0.5) is 0 Å². The van der Waals surface area contributed by atoms with E-state index in [4.69, 9.17) is 9.47 Å². The van der Waals surface area contributed by atoms with E-state index in [0.717, 1.165) is 16.9 Å². The summed E-state index contributed by atoms with van der Waals surface area (Å²) in [5, 5.41) is 10.5. The highest BCUT2D eigenvalue weighted by Gasteiger charge is 2.17. The van der Waals surface area contributed by atoms with Crippen molar-refractivity contribution in [1.82, 2.24) is 4.98 Å². The van der Waals surface area contributed by atoms with Gasteiger partial charge in [0.1, 0.15) is 17.6 Å². The summed E-state index contributed by atoms with van der Waals surface area (Å²) in [6, 6.07) is 7.34. The van der Waals surface area contributed by atoms with Crippen molar-refractivity contribution in [3.05, 3.63) is 53.3 Å². The molecule has 2 aromatic rings. The zero-order chi connectivity index (χ0) is 13.8. The Morgan fingerprint density at radius 3 is 2.53 bits per heavy atom. The number of aryl methyl sites for hydroxylation is 1. The van der Waals surface area contributed by atoms with Crippen molar-refractivity contribution < 1.29 is 14.6 Å². The molecule has 0 saturated heterocycles. The SMILES string of the molecule is COc1ccc(C(O)c2ccncc2OC)c(C)c1. The summed E-state index contributed by atoms with van der Waals surface area (Å²) in [5.74, 6) is 1.35. The van der Waals surface area contributed by atoms with Crippen LogP contribution < -0.4 is 9.47 Å². The van der Waals surface area contributed by atoms with E-state index < -0.39 is 6.10 Å². The van der Waals surface area contributed by atoms with Crippen LogP contribution in [-0.4, -0.2) is 24.3 Å². The summed E-state index contributed by atoms with van der Waals surface area (Å²) >= 11 is 0. The van der Waals surface area contributed by atoms with Crippen molar-refractivity contribution in [3.63, 3.8) is 0 Å². The molecule has 100 valence electrons. The number of hydrogen-bond acceptors (Lipinski definition) is 4. The molecule has 0 saturated carbocycles. The number of methoxy groups -OCH3 is 2. The Balaban J connectivity index is 2.41. The lowest BCUT2D eigenvalue weighted by molar-refractivity contribution is 0.213. The van der Waals surface area contributed by atoms with E-state index in [0.29, 0.717) is 11.3 Å². The van der Waals surface area contributed by atoms with Gasteiger partial charge < -0.3 is 14.6 Å². The number of hydrogen-bond donors (Lipinski definition) is 1. The van der Waals surface area contributed by atoms with Crippen LogP contribution in [0.25, 0.3) is 0 Å². The zero-order valence-corrected chi connectivity index (χ0v) is 11.3. The van der Waals surface area contributed by atoms with Crippen molar-refractivity contribution in [1.29, 1.82) is 0 Å². The summed E-state index contributed by atoms with van der Waals surface area (Å²) in [6.07, 6.45) is 2.49. The van der Waals surface area contributed by atoms with E-state index in [-0.39, 0.29) is 0 Å². The van der Waals surface area contributed by atoms with E-state index in [1.807, 2.05) is 25.1 Å². The molecule has 4 heteroatoms. The quantitative estimate of drug-likeness (QED) is 0.916. The highest BCUT2D eigenvalue weighted by atomic mass is 16.5. The van der Waals surface area contributed by atoms with E-state index in [9.17, 15) is 5.11 Å². The van der Waals surface area contributed by atoms with Crippen LogP contribution in [0.2, 0.25) is 0 Å². The van der Waals surface area contributed by atoms with Gasteiger partial charge in [-0.15, -0.1) is 0 Å². The van der Waals surface area contributed by atoms with Crippen LogP contribution in [0.1, 0.15) is 22.8 Å². The maximum atomic E-state index is 10.5. The van der Waals surface area contributed by atoms with Gasteiger partial charge in [0, 0.05) is 11.8 Å². The number of aromatic nitrogens is 1. The molecule has 1 N–H and O–H groups in total. The maximum absolute atomic E-state index is 10.5. The molecule has 0 bridgehead atoms. The summed E-state index contributed by atoms with van der Waals surface area (Å²) in [6.45, 7) is 1.94. The molecule has 19 heavy (non-hydrogen) atoms. The van der Waals surface area contributed by atoms with Gasteiger partial charge in [-0.2, -0.15) is 0 Å². The van der Waals surface area contributed by atoms with Gasteiger partial charge in [-0.25, -0.2) is 0 Å². The lowest BCUT2D eigenvalue weighted by Gasteiger charge is -2.17. The predicted octanol–water partition coefficient (Wildman–Crippen LogP) is 2.49. The third-order valence-corrected chi connectivity index (χ3v) is 3.10. The van der Waals surface area contributed by atoms with E-state index in [1.165, 1.54) is 0 Å². The van der Waals surface area contributed by atoms with Gasteiger partial charge in [0.05, 0.1) is 20.4 Å². The minimum absolute atomic E-state index is 0.574. The van der Waals surface area contributed by atoms with Crippen LogP contribution in [0.15, 0.2) is 36.7 Å². The normalized spacial score (nSPS) is 12.0. The molecule has 1 atom stereocenters. The second kappa shape index (κ2) is 5.71. The van der Waals surface area contributed by atoms with E-state index >= 15 is 0 Å². The molecule has 0 radical (unpaired) electrons. The first-order valence-corrected chi connectivity index (χ1v) is 5.98. The van der Waals surface area contributed by atoms with E-state index in [2.05, 4.69) is 4.98 Å². The van der Waals surface area contributed by atoms with Crippen LogP contribution >= 0.6 is 0 Å². The molecule has 0 spiro atoms. The first-order chi connectivity index (χ1) is 9.17. The smallest absolute Gasteiger partial charge is 0.143 e. The Bertz CT molecular complexity index is 569. The number of aliphatic hydroxyl groups is 1. The maximum Gasteiger partial charge on any atom is 0.143 e. The van der Waals surface area contributed by atoms with Gasteiger partial charge in [-0.3, -0.25) is 4.98 Å². The van der Waals surface area contributed by atoms with Gasteiger partial charge in [0.2, 0.25) is 0 Å².